The first-order valence-corrected chi connectivity index (χ1v) is 8.07. The number of thiazole rings is 1. The zero-order valence-electron chi connectivity index (χ0n) is 13.1. The molecule has 0 saturated heterocycles. The van der Waals surface area contributed by atoms with Gasteiger partial charge in [-0.25, -0.2) is 4.98 Å². The van der Waals surface area contributed by atoms with Crippen LogP contribution in [-0.2, 0) is 6.42 Å². The number of aryl methyl sites for hydroxylation is 4. The number of rotatable bonds is 5. The molecule has 1 N–H and O–H groups in total. The molecule has 2 aromatic rings. The van der Waals surface area contributed by atoms with Gasteiger partial charge in [0.1, 0.15) is 0 Å². The molecule has 0 spiro atoms. The molecule has 2 rings (SSSR count). The van der Waals surface area contributed by atoms with Crippen molar-refractivity contribution in [3.8, 4) is 0 Å². The molecule has 0 aliphatic rings. The van der Waals surface area contributed by atoms with Gasteiger partial charge < -0.3 is 5.32 Å². The quantitative estimate of drug-likeness (QED) is 0.888. The Morgan fingerprint density at radius 3 is 2.35 bits per heavy atom. The van der Waals surface area contributed by atoms with Crippen LogP contribution in [0.25, 0.3) is 0 Å². The average Bonchev–Trinajstić information content (AvgIpc) is 2.73. The molecule has 1 unspecified atom stereocenters. The lowest BCUT2D eigenvalue weighted by molar-refractivity contribution is 0.569. The van der Waals surface area contributed by atoms with E-state index < -0.39 is 0 Å². The highest BCUT2D eigenvalue weighted by Gasteiger charge is 2.11. The van der Waals surface area contributed by atoms with Crippen LogP contribution in [0.1, 0.15) is 45.9 Å². The molecule has 0 aliphatic carbocycles. The van der Waals surface area contributed by atoms with Crippen LogP contribution in [0.2, 0.25) is 0 Å². The first-order chi connectivity index (χ1) is 9.47. The van der Waals surface area contributed by atoms with Crippen molar-refractivity contribution in [3.05, 3.63) is 50.5 Å². The molecular formula is C17H24N2S. The molecular weight excluding hydrogens is 264 g/mol. The highest BCUT2D eigenvalue weighted by atomic mass is 32.1. The molecule has 0 bridgehead atoms. The second-order valence-electron chi connectivity index (χ2n) is 5.60. The van der Waals surface area contributed by atoms with Crippen molar-refractivity contribution < 1.29 is 0 Å². The highest BCUT2D eigenvalue weighted by molar-refractivity contribution is 7.09. The molecule has 0 aliphatic heterocycles. The lowest BCUT2D eigenvalue weighted by atomic mass is 9.95. The Labute approximate surface area is 126 Å². The van der Waals surface area contributed by atoms with Crippen LogP contribution in [0, 0.1) is 27.7 Å². The zero-order chi connectivity index (χ0) is 14.7. The normalized spacial score (nSPS) is 12.7. The highest BCUT2D eigenvalue weighted by Crippen LogP contribution is 2.23. The summed E-state index contributed by atoms with van der Waals surface area (Å²) in [4.78, 5) is 4.51. The van der Waals surface area contributed by atoms with Crippen molar-refractivity contribution in [1.82, 2.24) is 10.3 Å². The van der Waals surface area contributed by atoms with Gasteiger partial charge in [-0.05, 0) is 51.3 Å². The fraction of sp³-hybridized carbons (Fsp3) is 0.471. The summed E-state index contributed by atoms with van der Waals surface area (Å²) in [5, 5.41) is 6.93. The summed E-state index contributed by atoms with van der Waals surface area (Å²) in [6.45, 7) is 11.8. The van der Waals surface area contributed by atoms with E-state index in [1.165, 1.54) is 27.9 Å². The second-order valence-corrected chi connectivity index (χ2v) is 6.66. The maximum absolute atomic E-state index is 4.51. The van der Waals surface area contributed by atoms with Gasteiger partial charge in [0.15, 0.2) is 0 Å². The Balaban J connectivity index is 1.96. The summed E-state index contributed by atoms with van der Waals surface area (Å²) in [6.07, 6.45) is 0.999. The summed E-state index contributed by atoms with van der Waals surface area (Å²) in [7, 11) is 0. The Morgan fingerprint density at radius 2 is 1.80 bits per heavy atom. The third-order valence-corrected chi connectivity index (χ3v) is 4.49. The number of hydrogen-bond acceptors (Lipinski definition) is 3. The van der Waals surface area contributed by atoms with E-state index in [4.69, 9.17) is 0 Å². The minimum Gasteiger partial charge on any atom is -0.310 e. The topological polar surface area (TPSA) is 24.9 Å². The Bertz CT molecular complexity index is 563. The summed E-state index contributed by atoms with van der Waals surface area (Å²) in [6, 6.07) is 4.92. The predicted molar refractivity (Wildman–Crippen MR) is 87.6 cm³/mol. The van der Waals surface area contributed by atoms with Crippen LogP contribution in [0.4, 0.5) is 0 Å². The fourth-order valence-corrected chi connectivity index (χ4v) is 3.56. The minimum absolute atomic E-state index is 0.385. The smallest absolute Gasteiger partial charge is 0.0897 e. The van der Waals surface area contributed by atoms with Gasteiger partial charge in [0.25, 0.3) is 0 Å². The number of benzene rings is 1. The van der Waals surface area contributed by atoms with Gasteiger partial charge in [-0.1, -0.05) is 17.7 Å². The number of nitrogens with zero attached hydrogens (tertiary/aromatic N) is 1. The van der Waals surface area contributed by atoms with E-state index in [0.717, 1.165) is 18.0 Å². The van der Waals surface area contributed by atoms with E-state index in [1.54, 1.807) is 11.3 Å². The first-order valence-electron chi connectivity index (χ1n) is 7.19. The van der Waals surface area contributed by atoms with Crippen LogP contribution in [0.15, 0.2) is 17.5 Å². The van der Waals surface area contributed by atoms with Crippen LogP contribution in [0.3, 0.4) is 0 Å². The molecule has 0 saturated carbocycles. The monoisotopic (exact) mass is 288 g/mol. The van der Waals surface area contributed by atoms with E-state index in [2.05, 4.69) is 62.4 Å². The summed E-state index contributed by atoms with van der Waals surface area (Å²) < 4.78 is 0. The Kier molecular flexibility index (Phi) is 4.95. The standard InChI is InChI=1S/C17H24N2S/c1-11-8-12(2)17(13(3)9-11)14(4)18-7-6-16-10-20-15(5)19-16/h8-10,14,18H,6-7H2,1-5H3. The largest absolute Gasteiger partial charge is 0.310 e. The van der Waals surface area contributed by atoms with Crippen LogP contribution in [0.5, 0.6) is 0 Å². The molecule has 2 nitrogen and oxygen atoms in total. The third-order valence-electron chi connectivity index (χ3n) is 3.67. The summed E-state index contributed by atoms with van der Waals surface area (Å²) >= 11 is 1.73. The fourth-order valence-electron chi connectivity index (χ4n) is 2.92. The summed E-state index contributed by atoms with van der Waals surface area (Å²) in [5.74, 6) is 0. The van der Waals surface area contributed by atoms with Crippen LogP contribution >= 0.6 is 11.3 Å². The Hall–Kier alpha value is -1.19. The van der Waals surface area contributed by atoms with Gasteiger partial charge in [0.05, 0.1) is 10.7 Å². The van der Waals surface area contributed by atoms with Gasteiger partial charge >= 0.3 is 0 Å². The van der Waals surface area contributed by atoms with Crippen molar-refractivity contribution in [1.29, 1.82) is 0 Å². The van der Waals surface area contributed by atoms with Gasteiger partial charge in [0.2, 0.25) is 0 Å². The minimum atomic E-state index is 0.385. The van der Waals surface area contributed by atoms with Crippen molar-refractivity contribution in [2.45, 2.75) is 47.1 Å². The number of aromatic nitrogens is 1. The molecule has 1 aromatic heterocycles. The number of nitrogens with one attached hydrogen (secondary N) is 1. The zero-order valence-corrected chi connectivity index (χ0v) is 13.9. The van der Waals surface area contributed by atoms with Crippen molar-refractivity contribution >= 4 is 11.3 Å². The van der Waals surface area contributed by atoms with Gasteiger partial charge in [0, 0.05) is 24.4 Å². The van der Waals surface area contributed by atoms with E-state index in [0.29, 0.717) is 6.04 Å². The lowest BCUT2D eigenvalue weighted by Crippen LogP contribution is -2.23. The predicted octanol–water partition coefficient (Wildman–Crippen LogP) is 4.27. The molecule has 1 atom stereocenters. The van der Waals surface area contributed by atoms with E-state index in [-0.39, 0.29) is 0 Å². The van der Waals surface area contributed by atoms with Crippen LogP contribution < -0.4 is 5.32 Å². The molecule has 108 valence electrons. The average molecular weight is 288 g/mol. The third kappa shape index (κ3) is 3.68. The SMILES string of the molecule is Cc1cc(C)c(C(C)NCCc2csc(C)n2)c(C)c1. The maximum Gasteiger partial charge on any atom is 0.0897 e. The van der Waals surface area contributed by atoms with Crippen molar-refractivity contribution in [3.63, 3.8) is 0 Å². The molecule has 3 heteroatoms. The Morgan fingerprint density at radius 1 is 1.15 bits per heavy atom. The maximum atomic E-state index is 4.51. The van der Waals surface area contributed by atoms with Gasteiger partial charge in [-0.3, -0.25) is 0 Å². The molecule has 0 radical (unpaired) electrons. The molecule has 1 aromatic carbocycles. The van der Waals surface area contributed by atoms with Gasteiger partial charge in [-0.15, -0.1) is 11.3 Å². The number of hydrogen-bond donors (Lipinski definition) is 1. The van der Waals surface area contributed by atoms with Crippen molar-refractivity contribution in [2.75, 3.05) is 6.54 Å². The lowest BCUT2D eigenvalue weighted by Gasteiger charge is -2.19. The first kappa shape index (κ1) is 15.2. The van der Waals surface area contributed by atoms with E-state index in [1.807, 2.05) is 0 Å². The second kappa shape index (κ2) is 6.51. The molecule has 20 heavy (non-hydrogen) atoms. The summed E-state index contributed by atoms with van der Waals surface area (Å²) in [5.41, 5.74) is 6.74. The molecule has 0 fully saturated rings. The van der Waals surface area contributed by atoms with E-state index in [9.17, 15) is 0 Å². The van der Waals surface area contributed by atoms with Crippen LogP contribution in [-0.4, -0.2) is 11.5 Å². The molecule has 0 amide bonds. The van der Waals surface area contributed by atoms with E-state index >= 15 is 0 Å². The van der Waals surface area contributed by atoms with Crippen molar-refractivity contribution in [2.24, 2.45) is 0 Å². The van der Waals surface area contributed by atoms with Gasteiger partial charge in [-0.2, -0.15) is 0 Å². The molecule has 1 heterocycles.